The van der Waals surface area contributed by atoms with Gasteiger partial charge in [0.05, 0.1) is 4.90 Å². The Morgan fingerprint density at radius 2 is 1.96 bits per heavy atom. The summed E-state index contributed by atoms with van der Waals surface area (Å²) in [7, 11) is -2.12. The SMILES string of the molecule is CNS(=O)(=O)c1ccc(-c2cc(C3CC3)nc(N)c2C#N)cc1. The van der Waals surface area contributed by atoms with Crippen molar-refractivity contribution in [2.45, 2.75) is 23.7 Å². The number of nitrogens with zero attached hydrogens (tertiary/aromatic N) is 2. The van der Waals surface area contributed by atoms with Crippen LogP contribution in [0.2, 0.25) is 0 Å². The van der Waals surface area contributed by atoms with E-state index < -0.39 is 10.0 Å². The van der Waals surface area contributed by atoms with Gasteiger partial charge in [-0.05, 0) is 43.7 Å². The Labute approximate surface area is 135 Å². The molecule has 3 N–H and O–H groups in total. The number of sulfonamides is 1. The summed E-state index contributed by atoms with van der Waals surface area (Å²) >= 11 is 0. The van der Waals surface area contributed by atoms with Gasteiger partial charge in [0.2, 0.25) is 10.0 Å². The number of rotatable bonds is 4. The van der Waals surface area contributed by atoms with Gasteiger partial charge in [-0.1, -0.05) is 12.1 Å². The molecular formula is C16H16N4O2S. The van der Waals surface area contributed by atoms with Crippen LogP contribution < -0.4 is 10.5 Å². The van der Waals surface area contributed by atoms with Gasteiger partial charge >= 0.3 is 0 Å². The van der Waals surface area contributed by atoms with Crippen molar-refractivity contribution in [3.05, 3.63) is 41.6 Å². The standard InChI is InChI=1S/C16H16N4O2S/c1-19-23(21,22)12-6-4-10(5-7-12)13-8-15(11-2-3-11)20-16(18)14(13)9-17/h4-8,11,19H,2-3H2,1H3,(H2,18,20). The lowest BCUT2D eigenvalue weighted by molar-refractivity contribution is 0.588. The second kappa shape index (κ2) is 5.65. The molecule has 3 rings (SSSR count). The molecule has 1 fully saturated rings. The second-order valence-corrected chi connectivity index (χ2v) is 7.36. The molecule has 0 aliphatic heterocycles. The first-order valence-corrected chi connectivity index (χ1v) is 8.69. The van der Waals surface area contributed by atoms with E-state index in [9.17, 15) is 13.7 Å². The van der Waals surface area contributed by atoms with Crippen molar-refractivity contribution in [3.8, 4) is 17.2 Å². The summed E-state index contributed by atoms with van der Waals surface area (Å²) in [5, 5.41) is 9.35. The molecule has 0 bridgehead atoms. The maximum Gasteiger partial charge on any atom is 0.240 e. The third kappa shape index (κ3) is 2.91. The van der Waals surface area contributed by atoms with Crippen molar-refractivity contribution < 1.29 is 8.42 Å². The highest BCUT2D eigenvalue weighted by Gasteiger charge is 2.27. The molecule has 0 radical (unpaired) electrons. The summed E-state index contributed by atoms with van der Waals surface area (Å²) < 4.78 is 25.8. The van der Waals surface area contributed by atoms with Crippen LogP contribution in [0.25, 0.3) is 11.1 Å². The minimum absolute atomic E-state index is 0.173. The lowest BCUT2D eigenvalue weighted by Crippen LogP contribution is -2.18. The van der Waals surface area contributed by atoms with Gasteiger partial charge in [0.15, 0.2) is 0 Å². The van der Waals surface area contributed by atoms with E-state index in [4.69, 9.17) is 5.73 Å². The van der Waals surface area contributed by atoms with Gasteiger partial charge in [-0.3, -0.25) is 0 Å². The molecule has 7 heteroatoms. The van der Waals surface area contributed by atoms with Gasteiger partial charge < -0.3 is 5.73 Å². The number of benzene rings is 1. The van der Waals surface area contributed by atoms with Crippen molar-refractivity contribution >= 4 is 15.8 Å². The number of nitrogen functional groups attached to an aromatic ring is 1. The van der Waals surface area contributed by atoms with Crippen LogP contribution in [-0.4, -0.2) is 20.4 Å². The van der Waals surface area contributed by atoms with Crippen LogP contribution in [0.15, 0.2) is 35.2 Å². The second-order valence-electron chi connectivity index (χ2n) is 5.47. The van der Waals surface area contributed by atoms with E-state index in [-0.39, 0.29) is 10.7 Å². The van der Waals surface area contributed by atoms with E-state index in [0.29, 0.717) is 17.0 Å². The Morgan fingerprint density at radius 3 is 2.48 bits per heavy atom. The van der Waals surface area contributed by atoms with Gasteiger partial charge in [0, 0.05) is 17.2 Å². The fourth-order valence-electron chi connectivity index (χ4n) is 2.45. The molecule has 0 unspecified atom stereocenters. The van der Waals surface area contributed by atoms with Crippen LogP contribution in [0.3, 0.4) is 0 Å². The highest BCUT2D eigenvalue weighted by molar-refractivity contribution is 7.89. The fourth-order valence-corrected chi connectivity index (χ4v) is 3.18. The summed E-state index contributed by atoms with van der Waals surface area (Å²) in [6.07, 6.45) is 2.16. The summed E-state index contributed by atoms with van der Waals surface area (Å²) in [4.78, 5) is 4.48. The maximum atomic E-state index is 11.8. The Balaban J connectivity index is 2.09. The lowest BCUT2D eigenvalue weighted by Gasteiger charge is -2.10. The summed E-state index contributed by atoms with van der Waals surface area (Å²) in [5.41, 5.74) is 8.56. The molecule has 6 nitrogen and oxygen atoms in total. The average Bonchev–Trinajstić information content (AvgIpc) is 3.39. The van der Waals surface area contributed by atoms with Crippen molar-refractivity contribution in [2.75, 3.05) is 12.8 Å². The molecule has 2 aromatic rings. The molecule has 23 heavy (non-hydrogen) atoms. The maximum absolute atomic E-state index is 11.8. The van der Waals surface area contributed by atoms with Gasteiger partial charge in [0.1, 0.15) is 17.5 Å². The Hall–Kier alpha value is -2.43. The molecule has 1 aromatic carbocycles. The Kier molecular flexibility index (Phi) is 3.80. The van der Waals surface area contributed by atoms with E-state index in [2.05, 4.69) is 15.8 Å². The Bertz CT molecular complexity index is 895. The highest BCUT2D eigenvalue weighted by atomic mass is 32.2. The van der Waals surface area contributed by atoms with Gasteiger partial charge in [0.25, 0.3) is 0 Å². The van der Waals surface area contributed by atoms with Crippen molar-refractivity contribution in [2.24, 2.45) is 0 Å². The first kappa shape index (κ1) is 15.5. The topological polar surface area (TPSA) is 109 Å². The van der Waals surface area contributed by atoms with Gasteiger partial charge in [-0.2, -0.15) is 5.26 Å². The number of hydrogen-bond donors (Lipinski definition) is 2. The zero-order valence-corrected chi connectivity index (χ0v) is 13.4. The molecule has 118 valence electrons. The predicted molar refractivity (Wildman–Crippen MR) is 87.0 cm³/mol. The van der Waals surface area contributed by atoms with E-state index in [1.807, 2.05) is 6.07 Å². The molecule has 1 heterocycles. The predicted octanol–water partition coefficient (Wildman–Crippen LogP) is 1.99. The fraction of sp³-hybridized carbons (Fsp3) is 0.250. The molecule has 0 spiro atoms. The normalized spacial score (nSPS) is 14.4. The third-order valence-corrected chi connectivity index (χ3v) is 5.35. The van der Waals surface area contributed by atoms with Crippen LogP contribution in [0.4, 0.5) is 5.82 Å². The van der Waals surface area contributed by atoms with Crippen molar-refractivity contribution in [3.63, 3.8) is 0 Å². The van der Waals surface area contributed by atoms with Crippen LogP contribution in [0.5, 0.6) is 0 Å². The van der Waals surface area contributed by atoms with Crippen molar-refractivity contribution in [1.82, 2.24) is 9.71 Å². The first-order valence-electron chi connectivity index (χ1n) is 7.20. The lowest BCUT2D eigenvalue weighted by atomic mass is 9.99. The molecule has 0 saturated heterocycles. The minimum atomic E-state index is -3.48. The average molecular weight is 328 g/mol. The van der Waals surface area contributed by atoms with E-state index in [0.717, 1.165) is 24.1 Å². The number of nitrogens with two attached hydrogens (primary N) is 1. The van der Waals surface area contributed by atoms with Crippen LogP contribution in [-0.2, 0) is 10.0 Å². The molecule has 1 aromatic heterocycles. The smallest absolute Gasteiger partial charge is 0.240 e. The van der Waals surface area contributed by atoms with Crippen molar-refractivity contribution in [1.29, 1.82) is 5.26 Å². The first-order chi connectivity index (χ1) is 11.0. The monoisotopic (exact) mass is 328 g/mol. The summed E-state index contributed by atoms with van der Waals surface area (Å²) in [6, 6.07) is 10.3. The molecule has 1 aliphatic rings. The quantitative estimate of drug-likeness (QED) is 0.892. The van der Waals surface area contributed by atoms with Crippen LogP contribution >= 0.6 is 0 Å². The third-order valence-electron chi connectivity index (χ3n) is 3.92. The van der Waals surface area contributed by atoms with E-state index >= 15 is 0 Å². The molecule has 0 amide bonds. The molecular weight excluding hydrogens is 312 g/mol. The number of anilines is 1. The zero-order chi connectivity index (χ0) is 16.6. The molecule has 1 aliphatic carbocycles. The number of aromatic nitrogens is 1. The number of hydrogen-bond acceptors (Lipinski definition) is 5. The minimum Gasteiger partial charge on any atom is -0.383 e. The number of pyridine rings is 1. The van der Waals surface area contributed by atoms with Crippen LogP contribution in [0.1, 0.15) is 30.0 Å². The zero-order valence-electron chi connectivity index (χ0n) is 12.6. The molecule has 1 saturated carbocycles. The van der Waals surface area contributed by atoms with E-state index in [1.54, 1.807) is 12.1 Å². The Morgan fingerprint density at radius 1 is 1.30 bits per heavy atom. The number of nitrogens with one attached hydrogen (secondary N) is 1. The van der Waals surface area contributed by atoms with Gasteiger partial charge in [-0.15, -0.1) is 0 Å². The van der Waals surface area contributed by atoms with Crippen LogP contribution in [0, 0.1) is 11.3 Å². The van der Waals surface area contributed by atoms with Gasteiger partial charge in [-0.25, -0.2) is 18.1 Å². The summed E-state index contributed by atoms with van der Waals surface area (Å²) in [6.45, 7) is 0. The summed E-state index contributed by atoms with van der Waals surface area (Å²) in [5.74, 6) is 0.631. The molecule has 0 atom stereocenters. The largest absolute Gasteiger partial charge is 0.383 e. The highest BCUT2D eigenvalue weighted by Crippen LogP contribution is 2.41. The van der Waals surface area contributed by atoms with E-state index in [1.165, 1.54) is 19.2 Å². The number of nitriles is 1.